The van der Waals surface area contributed by atoms with Crippen molar-refractivity contribution < 1.29 is 18.0 Å². The minimum Gasteiger partial charge on any atom is -0.294 e. The van der Waals surface area contributed by atoms with Gasteiger partial charge in [-0.15, -0.1) is 0 Å². The van der Waals surface area contributed by atoms with Crippen LogP contribution in [0.25, 0.3) is 0 Å². The van der Waals surface area contributed by atoms with E-state index < -0.39 is 18.0 Å². The minimum atomic E-state index is -4.18. The number of ketones is 1. The van der Waals surface area contributed by atoms with Crippen molar-refractivity contribution in [2.75, 3.05) is 0 Å². The Hall–Kier alpha value is -1.32. The summed E-state index contributed by atoms with van der Waals surface area (Å²) in [6, 6.07) is 3.76. The molecule has 2 atom stereocenters. The lowest BCUT2D eigenvalue weighted by Crippen LogP contribution is -2.32. The van der Waals surface area contributed by atoms with Gasteiger partial charge in [0.25, 0.3) is 0 Å². The number of carbonyl (C=O) groups is 1. The largest absolute Gasteiger partial charge is 0.391 e. The van der Waals surface area contributed by atoms with E-state index in [0.29, 0.717) is 18.4 Å². The average Bonchev–Trinajstić information content (AvgIpc) is 2.41. The third-order valence-corrected chi connectivity index (χ3v) is 4.61. The third-order valence-electron chi connectivity index (χ3n) is 4.61. The Bertz CT molecular complexity index is 546. The molecule has 0 radical (unpaired) electrons. The molecule has 1 nitrogen and oxygen atoms in total. The van der Waals surface area contributed by atoms with Gasteiger partial charge in [-0.1, -0.05) is 12.5 Å². The zero-order valence-corrected chi connectivity index (χ0v) is 12.7. The maximum atomic E-state index is 12.9. The summed E-state index contributed by atoms with van der Waals surface area (Å²) in [4.78, 5) is 12.6. The van der Waals surface area contributed by atoms with Gasteiger partial charge in [0.05, 0.1) is 5.92 Å². The van der Waals surface area contributed by atoms with E-state index in [1.54, 1.807) is 0 Å². The number of hydrogen-bond acceptors (Lipinski definition) is 1. The predicted molar refractivity (Wildman–Crippen MR) is 76.5 cm³/mol. The molecule has 21 heavy (non-hydrogen) atoms. The van der Waals surface area contributed by atoms with Crippen LogP contribution in [0.5, 0.6) is 0 Å². The Morgan fingerprint density at radius 1 is 1.05 bits per heavy atom. The number of aryl methyl sites for hydroxylation is 3. The molecule has 0 spiro atoms. The lowest BCUT2D eigenvalue weighted by molar-refractivity contribution is -0.184. The van der Waals surface area contributed by atoms with Gasteiger partial charge >= 0.3 is 6.18 Å². The highest BCUT2D eigenvalue weighted by Crippen LogP contribution is 2.41. The van der Waals surface area contributed by atoms with E-state index in [1.165, 1.54) is 0 Å². The van der Waals surface area contributed by atoms with Crippen molar-refractivity contribution in [3.63, 3.8) is 0 Å². The summed E-state index contributed by atoms with van der Waals surface area (Å²) in [6.45, 7) is 5.74. The van der Waals surface area contributed by atoms with Crippen molar-refractivity contribution in [1.82, 2.24) is 0 Å². The molecule has 2 rings (SSSR count). The number of hydrogen-bond donors (Lipinski definition) is 0. The van der Waals surface area contributed by atoms with Crippen molar-refractivity contribution in [3.05, 3.63) is 34.4 Å². The van der Waals surface area contributed by atoms with Crippen molar-refractivity contribution >= 4 is 5.78 Å². The van der Waals surface area contributed by atoms with Gasteiger partial charge in [-0.3, -0.25) is 4.79 Å². The van der Waals surface area contributed by atoms with Crippen LogP contribution in [0, 0.1) is 32.6 Å². The van der Waals surface area contributed by atoms with E-state index in [2.05, 4.69) is 0 Å². The topological polar surface area (TPSA) is 17.1 Å². The van der Waals surface area contributed by atoms with E-state index in [0.717, 1.165) is 16.7 Å². The highest BCUT2D eigenvalue weighted by molar-refractivity contribution is 5.99. The zero-order valence-electron chi connectivity index (χ0n) is 12.7. The van der Waals surface area contributed by atoms with Crippen LogP contribution in [0.4, 0.5) is 13.2 Å². The van der Waals surface area contributed by atoms with E-state index in [1.807, 2.05) is 32.9 Å². The van der Waals surface area contributed by atoms with E-state index in [4.69, 9.17) is 0 Å². The average molecular weight is 298 g/mol. The summed E-state index contributed by atoms with van der Waals surface area (Å²) in [6.07, 6.45) is -3.05. The maximum Gasteiger partial charge on any atom is 0.391 e. The molecule has 0 heterocycles. The van der Waals surface area contributed by atoms with Crippen LogP contribution in [0.1, 0.15) is 52.7 Å². The molecular formula is C17H21F3O. The van der Waals surface area contributed by atoms with Gasteiger partial charge in [0.1, 0.15) is 0 Å². The van der Waals surface area contributed by atoms with Crippen LogP contribution in [0.2, 0.25) is 0 Å². The normalized spacial score (nSPS) is 23.1. The first-order valence-electron chi connectivity index (χ1n) is 7.39. The van der Waals surface area contributed by atoms with Gasteiger partial charge in [0.2, 0.25) is 0 Å². The lowest BCUT2D eigenvalue weighted by atomic mass is 9.77. The van der Waals surface area contributed by atoms with Gasteiger partial charge < -0.3 is 0 Å². The Balaban J connectivity index is 2.22. The van der Waals surface area contributed by atoms with Crippen LogP contribution < -0.4 is 0 Å². The molecule has 1 aliphatic rings. The van der Waals surface area contributed by atoms with Gasteiger partial charge in [0, 0.05) is 11.5 Å². The molecular weight excluding hydrogens is 277 g/mol. The first-order valence-corrected chi connectivity index (χ1v) is 7.39. The number of alkyl halides is 3. The van der Waals surface area contributed by atoms with E-state index >= 15 is 0 Å². The van der Waals surface area contributed by atoms with Crippen LogP contribution in [0.15, 0.2) is 12.1 Å². The van der Waals surface area contributed by atoms with Crippen molar-refractivity contribution in [2.24, 2.45) is 11.8 Å². The fourth-order valence-corrected chi connectivity index (χ4v) is 3.17. The molecule has 116 valence electrons. The molecule has 0 bridgehead atoms. The number of carbonyl (C=O) groups excluding carboxylic acids is 1. The van der Waals surface area contributed by atoms with Crippen LogP contribution in [-0.2, 0) is 0 Å². The third kappa shape index (κ3) is 3.47. The maximum absolute atomic E-state index is 12.9. The second-order valence-electron chi connectivity index (χ2n) is 6.22. The summed E-state index contributed by atoms with van der Waals surface area (Å²) in [5.74, 6) is -1.94. The summed E-state index contributed by atoms with van der Waals surface area (Å²) in [7, 11) is 0. The zero-order chi connectivity index (χ0) is 15.8. The molecule has 2 unspecified atom stereocenters. The highest BCUT2D eigenvalue weighted by atomic mass is 19.4. The Kier molecular flexibility index (Phi) is 4.45. The number of benzene rings is 1. The fourth-order valence-electron chi connectivity index (χ4n) is 3.17. The molecule has 1 aliphatic carbocycles. The predicted octanol–water partition coefficient (Wildman–Crippen LogP) is 5.16. The molecule has 1 aromatic rings. The Morgan fingerprint density at radius 2 is 1.67 bits per heavy atom. The number of rotatable bonds is 2. The number of Topliss-reactive ketones (excluding diaryl/α,β-unsaturated/α-hetero) is 1. The summed E-state index contributed by atoms with van der Waals surface area (Å²) >= 11 is 0. The molecule has 1 fully saturated rings. The molecule has 0 N–H and O–H groups in total. The monoisotopic (exact) mass is 298 g/mol. The Morgan fingerprint density at radius 3 is 2.29 bits per heavy atom. The van der Waals surface area contributed by atoms with Crippen molar-refractivity contribution in [3.8, 4) is 0 Å². The standard InChI is InChI=1S/C17H21F3O/c1-10-7-12(3)15(8-11(10)2)16(21)13-5-4-6-14(9-13)17(18,19)20/h7-8,13-14H,4-6,9H2,1-3H3. The van der Waals surface area contributed by atoms with Crippen LogP contribution in [0.3, 0.4) is 0 Å². The van der Waals surface area contributed by atoms with E-state index in [9.17, 15) is 18.0 Å². The molecule has 0 amide bonds. The van der Waals surface area contributed by atoms with Gasteiger partial charge in [-0.05, 0) is 62.8 Å². The second kappa shape index (κ2) is 5.82. The van der Waals surface area contributed by atoms with Gasteiger partial charge in [0.15, 0.2) is 5.78 Å². The van der Waals surface area contributed by atoms with Gasteiger partial charge in [-0.2, -0.15) is 13.2 Å². The first-order chi connectivity index (χ1) is 9.70. The molecule has 1 aromatic carbocycles. The summed E-state index contributed by atoms with van der Waals surface area (Å²) in [5, 5.41) is 0. The number of halogens is 3. The van der Waals surface area contributed by atoms with Crippen molar-refractivity contribution in [2.45, 2.75) is 52.6 Å². The fraction of sp³-hybridized carbons (Fsp3) is 0.588. The Labute approximate surface area is 123 Å². The van der Waals surface area contributed by atoms with Crippen LogP contribution in [-0.4, -0.2) is 12.0 Å². The molecule has 1 saturated carbocycles. The highest BCUT2D eigenvalue weighted by Gasteiger charge is 2.43. The second-order valence-corrected chi connectivity index (χ2v) is 6.22. The molecule has 0 aliphatic heterocycles. The minimum absolute atomic E-state index is 0.0608. The van der Waals surface area contributed by atoms with Gasteiger partial charge in [-0.25, -0.2) is 0 Å². The van der Waals surface area contributed by atoms with Crippen molar-refractivity contribution in [1.29, 1.82) is 0 Å². The first kappa shape index (κ1) is 16.1. The quantitative estimate of drug-likeness (QED) is 0.689. The summed E-state index contributed by atoms with van der Waals surface area (Å²) < 4.78 is 38.6. The lowest BCUT2D eigenvalue weighted by Gasteiger charge is -2.30. The van der Waals surface area contributed by atoms with Crippen LogP contribution >= 0.6 is 0 Å². The molecule has 0 aromatic heterocycles. The smallest absolute Gasteiger partial charge is 0.294 e. The SMILES string of the molecule is Cc1cc(C)c(C(=O)C2CCCC(C(F)(F)F)C2)cc1C. The summed E-state index contributed by atoms with van der Waals surface area (Å²) in [5.41, 5.74) is 3.55. The van der Waals surface area contributed by atoms with E-state index in [-0.39, 0.29) is 18.6 Å². The molecule has 4 heteroatoms. The molecule has 0 saturated heterocycles.